The predicted molar refractivity (Wildman–Crippen MR) is 97.6 cm³/mol. The van der Waals surface area contributed by atoms with Gasteiger partial charge in [-0.3, -0.25) is 0 Å². The molecule has 2 aliphatic heterocycles. The summed E-state index contributed by atoms with van der Waals surface area (Å²) in [6.07, 6.45) is 4.82. The molecule has 0 bridgehead atoms. The van der Waals surface area contributed by atoms with Crippen LogP contribution in [0.4, 0.5) is 5.82 Å². The molecule has 2 saturated heterocycles. The quantitative estimate of drug-likeness (QED) is 0.898. The molecule has 0 amide bonds. The van der Waals surface area contributed by atoms with Gasteiger partial charge in [0.2, 0.25) is 0 Å². The second kappa shape index (κ2) is 8.26. The SMILES string of the molecule is Cc1cc(N2CCC(NCC3CCOCC3)CC2)nc(C(C)C)n1. The number of piperidine rings is 1. The highest BCUT2D eigenvalue weighted by molar-refractivity contribution is 5.40. The Kier molecular flexibility index (Phi) is 6.06. The molecule has 0 saturated carbocycles. The van der Waals surface area contributed by atoms with E-state index >= 15 is 0 Å². The zero-order chi connectivity index (χ0) is 16.9. The van der Waals surface area contributed by atoms with Crippen LogP contribution in [0.3, 0.4) is 0 Å². The van der Waals surface area contributed by atoms with Gasteiger partial charge in [0.25, 0.3) is 0 Å². The van der Waals surface area contributed by atoms with Crippen molar-refractivity contribution in [1.82, 2.24) is 15.3 Å². The summed E-state index contributed by atoms with van der Waals surface area (Å²) in [5.41, 5.74) is 1.07. The maximum absolute atomic E-state index is 5.44. The van der Waals surface area contributed by atoms with Crippen molar-refractivity contribution in [3.63, 3.8) is 0 Å². The van der Waals surface area contributed by atoms with Crippen molar-refractivity contribution in [2.24, 2.45) is 5.92 Å². The van der Waals surface area contributed by atoms with E-state index in [0.29, 0.717) is 12.0 Å². The number of hydrogen-bond donors (Lipinski definition) is 1. The molecule has 5 nitrogen and oxygen atoms in total. The lowest BCUT2D eigenvalue weighted by atomic mass is 9.98. The highest BCUT2D eigenvalue weighted by Crippen LogP contribution is 2.22. The van der Waals surface area contributed by atoms with Gasteiger partial charge in [-0.15, -0.1) is 0 Å². The Bertz CT molecular complexity index is 520. The van der Waals surface area contributed by atoms with Gasteiger partial charge >= 0.3 is 0 Å². The van der Waals surface area contributed by atoms with Gasteiger partial charge in [0, 0.05) is 50.0 Å². The summed E-state index contributed by atoms with van der Waals surface area (Å²) in [6.45, 7) is 11.6. The average molecular weight is 332 g/mol. The van der Waals surface area contributed by atoms with Gasteiger partial charge in [-0.2, -0.15) is 0 Å². The Morgan fingerprint density at radius 2 is 1.88 bits per heavy atom. The fraction of sp³-hybridized carbons (Fsp3) is 0.789. The van der Waals surface area contributed by atoms with E-state index in [2.05, 4.69) is 42.0 Å². The summed E-state index contributed by atoms with van der Waals surface area (Å²) in [7, 11) is 0. The highest BCUT2D eigenvalue weighted by Gasteiger charge is 2.22. The minimum atomic E-state index is 0.377. The Hall–Kier alpha value is -1.20. The molecule has 0 radical (unpaired) electrons. The molecular formula is C19H32N4O. The first-order valence-electron chi connectivity index (χ1n) is 9.53. The zero-order valence-corrected chi connectivity index (χ0v) is 15.4. The first-order chi connectivity index (χ1) is 11.6. The molecule has 2 fully saturated rings. The number of ether oxygens (including phenoxy) is 1. The maximum atomic E-state index is 5.44. The van der Waals surface area contributed by atoms with E-state index < -0.39 is 0 Å². The van der Waals surface area contributed by atoms with Gasteiger partial charge in [-0.05, 0) is 45.1 Å². The largest absolute Gasteiger partial charge is 0.381 e. The summed E-state index contributed by atoms with van der Waals surface area (Å²) in [5.74, 6) is 3.25. The van der Waals surface area contributed by atoms with Gasteiger partial charge in [0.15, 0.2) is 0 Å². The van der Waals surface area contributed by atoms with Gasteiger partial charge in [-0.1, -0.05) is 13.8 Å². The van der Waals surface area contributed by atoms with E-state index in [1.165, 1.54) is 25.7 Å². The standard InChI is InChI=1S/C19H32N4O/c1-14(2)19-21-15(3)12-18(22-19)23-8-4-17(5-9-23)20-13-16-6-10-24-11-7-16/h12,14,16-17,20H,4-11,13H2,1-3H3. The van der Waals surface area contributed by atoms with Crippen molar-refractivity contribution < 1.29 is 4.74 Å². The Morgan fingerprint density at radius 1 is 1.17 bits per heavy atom. The molecule has 0 atom stereocenters. The smallest absolute Gasteiger partial charge is 0.133 e. The number of hydrogen-bond acceptors (Lipinski definition) is 5. The van der Waals surface area contributed by atoms with Crippen molar-refractivity contribution in [2.75, 3.05) is 37.7 Å². The second-order valence-corrected chi connectivity index (χ2v) is 7.61. The second-order valence-electron chi connectivity index (χ2n) is 7.61. The lowest BCUT2D eigenvalue weighted by Gasteiger charge is -2.34. The van der Waals surface area contributed by atoms with Gasteiger partial charge in [0.1, 0.15) is 11.6 Å². The third kappa shape index (κ3) is 4.67. The fourth-order valence-electron chi connectivity index (χ4n) is 3.59. The van der Waals surface area contributed by atoms with E-state index in [1.807, 2.05) is 0 Å². The van der Waals surface area contributed by atoms with Crippen LogP contribution < -0.4 is 10.2 Å². The zero-order valence-electron chi connectivity index (χ0n) is 15.4. The molecule has 1 N–H and O–H groups in total. The maximum Gasteiger partial charge on any atom is 0.133 e. The molecule has 24 heavy (non-hydrogen) atoms. The molecule has 5 heteroatoms. The van der Waals surface area contributed by atoms with E-state index in [1.54, 1.807) is 0 Å². The number of rotatable bonds is 5. The van der Waals surface area contributed by atoms with Gasteiger partial charge < -0.3 is 15.0 Å². The van der Waals surface area contributed by atoms with E-state index in [4.69, 9.17) is 9.72 Å². The summed E-state index contributed by atoms with van der Waals surface area (Å²) >= 11 is 0. The normalized spacial score (nSPS) is 20.8. The van der Waals surface area contributed by atoms with Crippen molar-refractivity contribution >= 4 is 5.82 Å². The molecule has 2 aliphatic rings. The van der Waals surface area contributed by atoms with E-state index in [-0.39, 0.29) is 0 Å². The van der Waals surface area contributed by atoms with Crippen LogP contribution in [0, 0.1) is 12.8 Å². The highest BCUT2D eigenvalue weighted by atomic mass is 16.5. The van der Waals surface area contributed by atoms with Gasteiger partial charge in [-0.25, -0.2) is 9.97 Å². The Labute approximate surface area is 146 Å². The van der Waals surface area contributed by atoms with Crippen LogP contribution in [0.25, 0.3) is 0 Å². The summed E-state index contributed by atoms with van der Waals surface area (Å²) in [6, 6.07) is 2.78. The minimum absolute atomic E-state index is 0.377. The van der Waals surface area contributed by atoms with Crippen molar-refractivity contribution in [3.05, 3.63) is 17.6 Å². The Morgan fingerprint density at radius 3 is 2.54 bits per heavy atom. The summed E-state index contributed by atoms with van der Waals surface area (Å²) < 4.78 is 5.44. The van der Waals surface area contributed by atoms with E-state index in [0.717, 1.165) is 56.1 Å². The van der Waals surface area contributed by atoms with Crippen molar-refractivity contribution in [3.8, 4) is 0 Å². The Balaban J connectivity index is 1.49. The number of aromatic nitrogens is 2. The molecule has 3 rings (SSSR count). The van der Waals surface area contributed by atoms with Crippen LogP contribution >= 0.6 is 0 Å². The average Bonchev–Trinajstić information content (AvgIpc) is 2.61. The number of nitrogens with zero attached hydrogens (tertiary/aromatic N) is 3. The summed E-state index contributed by atoms with van der Waals surface area (Å²) in [4.78, 5) is 11.8. The molecule has 134 valence electrons. The minimum Gasteiger partial charge on any atom is -0.381 e. The third-order valence-electron chi connectivity index (χ3n) is 5.23. The molecule has 1 aromatic rings. The molecule has 0 spiro atoms. The van der Waals surface area contributed by atoms with Crippen LogP contribution in [0.15, 0.2) is 6.07 Å². The van der Waals surface area contributed by atoms with Crippen LogP contribution in [-0.2, 0) is 4.74 Å². The fourth-order valence-corrected chi connectivity index (χ4v) is 3.59. The van der Waals surface area contributed by atoms with Crippen LogP contribution in [0.1, 0.15) is 57.0 Å². The van der Waals surface area contributed by atoms with Crippen molar-refractivity contribution in [2.45, 2.75) is 58.4 Å². The van der Waals surface area contributed by atoms with E-state index in [9.17, 15) is 0 Å². The van der Waals surface area contributed by atoms with Crippen molar-refractivity contribution in [1.29, 1.82) is 0 Å². The predicted octanol–water partition coefficient (Wildman–Crippen LogP) is 2.89. The van der Waals surface area contributed by atoms with Crippen LogP contribution in [0.5, 0.6) is 0 Å². The number of anilines is 1. The molecule has 0 unspecified atom stereocenters. The molecule has 1 aromatic heterocycles. The number of aryl methyl sites for hydroxylation is 1. The molecule has 0 aliphatic carbocycles. The first-order valence-corrected chi connectivity index (χ1v) is 9.53. The molecule has 3 heterocycles. The lowest BCUT2D eigenvalue weighted by Crippen LogP contribution is -2.44. The monoisotopic (exact) mass is 332 g/mol. The van der Waals surface area contributed by atoms with Crippen LogP contribution in [-0.4, -0.2) is 48.9 Å². The topological polar surface area (TPSA) is 50.3 Å². The van der Waals surface area contributed by atoms with Crippen LogP contribution in [0.2, 0.25) is 0 Å². The number of nitrogens with one attached hydrogen (secondary N) is 1. The molecular weight excluding hydrogens is 300 g/mol. The summed E-state index contributed by atoms with van der Waals surface area (Å²) in [5, 5.41) is 3.79. The van der Waals surface area contributed by atoms with Gasteiger partial charge in [0.05, 0.1) is 0 Å². The third-order valence-corrected chi connectivity index (χ3v) is 5.23. The molecule has 0 aromatic carbocycles. The lowest BCUT2D eigenvalue weighted by molar-refractivity contribution is 0.0651. The first kappa shape index (κ1) is 17.6.